The number of hydrogen-bond acceptors (Lipinski definition) is 2. The molecule has 0 aromatic carbocycles. The highest BCUT2D eigenvalue weighted by molar-refractivity contribution is 6.25. The first-order chi connectivity index (χ1) is 7.38. The highest BCUT2D eigenvalue weighted by atomic mass is 35.5. The van der Waals surface area contributed by atoms with Gasteiger partial charge in [0.15, 0.2) is 0 Å². The summed E-state index contributed by atoms with van der Waals surface area (Å²) in [7, 11) is 0. The lowest BCUT2D eigenvalue weighted by molar-refractivity contribution is 0.214. The maximum absolute atomic E-state index is 5.52. The van der Waals surface area contributed by atoms with Crippen molar-refractivity contribution >= 4 is 11.6 Å². The quantitative estimate of drug-likeness (QED) is 0.776. The van der Waals surface area contributed by atoms with Gasteiger partial charge < -0.3 is 5.32 Å². The molecule has 1 aliphatic carbocycles. The van der Waals surface area contributed by atoms with Gasteiger partial charge in [-0.05, 0) is 51.2 Å². The second kappa shape index (κ2) is 5.88. The molecule has 1 saturated carbocycles. The second-order valence-electron chi connectivity index (χ2n) is 4.79. The van der Waals surface area contributed by atoms with E-state index in [1.54, 1.807) is 5.54 Å². The third-order valence-electron chi connectivity index (χ3n) is 3.43. The van der Waals surface area contributed by atoms with Gasteiger partial charge in [0.1, 0.15) is 0 Å². The third kappa shape index (κ3) is 4.13. The van der Waals surface area contributed by atoms with Gasteiger partial charge in [0.2, 0.25) is 0 Å². The molecule has 0 amide bonds. The van der Waals surface area contributed by atoms with E-state index in [0.29, 0.717) is 0 Å². The third-order valence-corrected chi connectivity index (χ3v) is 3.61. The number of nitrogens with one attached hydrogen (secondary N) is 1. The van der Waals surface area contributed by atoms with Crippen molar-refractivity contribution < 1.29 is 0 Å². The molecule has 1 aliphatic heterocycles. The fourth-order valence-electron chi connectivity index (χ4n) is 2.16. The summed E-state index contributed by atoms with van der Waals surface area (Å²) in [5.74, 6) is 1.00. The smallest absolute Gasteiger partial charge is 0.0174 e. The van der Waals surface area contributed by atoms with Gasteiger partial charge in [-0.25, -0.2) is 0 Å². The minimum Gasteiger partial charge on any atom is -0.314 e. The van der Waals surface area contributed by atoms with Crippen LogP contribution in [0.5, 0.6) is 0 Å². The Kier molecular flexibility index (Phi) is 4.48. The zero-order valence-electron chi connectivity index (χ0n) is 9.29. The first-order valence-electron chi connectivity index (χ1n) is 6.09. The summed E-state index contributed by atoms with van der Waals surface area (Å²) in [6.07, 6.45) is 7.52. The van der Waals surface area contributed by atoms with Gasteiger partial charge in [0, 0.05) is 18.1 Å². The van der Waals surface area contributed by atoms with E-state index in [0.717, 1.165) is 18.5 Å². The molecule has 0 unspecified atom stereocenters. The molecule has 0 bridgehead atoms. The normalized spacial score (nSPS) is 25.1. The number of piperidine rings is 1. The zero-order chi connectivity index (χ0) is 10.5. The van der Waals surface area contributed by atoms with E-state index >= 15 is 0 Å². The molecule has 1 saturated heterocycles. The van der Waals surface area contributed by atoms with Crippen LogP contribution in [0, 0.1) is 5.92 Å². The van der Waals surface area contributed by atoms with Crippen molar-refractivity contribution in [3.05, 3.63) is 11.6 Å². The van der Waals surface area contributed by atoms with Crippen LogP contribution in [0.25, 0.3) is 0 Å². The Bertz CT molecular complexity index is 206. The molecule has 1 N–H and O–H groups in total. The summed E-state index contributed by atoms with van der Waals surface area (Å²) < 4.78 is 0. The van der Waals surface area contributed by atoms with Crippen molar-refractivity contribution in [2.24, 2.45) is 5.92 Å². The fraction of sp³-hybridized carbons (Fsp3) is 0.833. The first kappa shape index (κ1) is 11.4. The average molecular weight is 229 g/mol. The van der Waals surface area contributed by atoms with Gasteiger partial charge in [0.05, 0.1) is 0 Å². The minimum absolute atomic E-state index is 0.766. The first-order valence-corrected chi connectivity index (χ1v) is 6.53. The van der Waals surface area contributed by atoms with Crippen LogP contribution in [-0.2, 0) is 0 Å². The Labute approximate surface area is 97.7 Å². The monoisotopic (exact) mass is 228 g/mol. The molecular formula is C12H21ClN2. The molecule has 0 radical (unpaired) electrons. The van der Waals surface area contributed by atoms with Crippen LogP contribution in [-0.4, -0.2) is 37.1 Å². The molecule has 0 atom stereocenters. The van der Waals surface area contributed by atoms with Crippen molar-refractivity contribution in [1.82, 2.24) is 10.2 Å². The van der Waals surface area contributed by atoms with Crippen LogP contribution >= 0.6 is 11.6 Å². The number of hydrogen-bond donors (Lipinski definition) is 1. The zero-order valence-corrected chi connectivity index (χ0v) is 10.0. The molecule has 2 fully saturated rings. The fourth-order valence-corrected chi connectivity index (χ4v) is 2.24. The summed E-state index contributed by atoms with van der Waals surface area (Å²) in [5, 5.41) is 3.69. The lowest BCUT2D eigenvalue weighted by Crippen LogP contribution is -2.43. The van der Waals surface area contributed by atoms with E-state index in [4.69, 9.17) is 11.6 Å². The Balaban J connectivity index is 1.58. The Morgan fingerprint density at radius 2 is 1.93 bits per heavy atom. The van der Waals surface area contributed by atoms with Gasteiger partial charge in [0.25, 0.3) is 0 Å². The van der Waals surface area contributed by atoms with Gasteiger partial charge in [-0.1, -0.05) is 17.7 Å². The summed E-state index contributed by atoms with van der Waals surface area (Å²) >= 11 is 5.52. The van der Waals surface area contributed by atoms with E-state index in [9.17, 15) is 0 Å². The summed E-state index contributed by atoms with van der Waals surface area (Å²) in [6.45, 7) is 4.69. The molecule has 0 spiro atoms. The maximum Gasteiger partial charge on any atom is 0.0174 e. The molecule has 1 heterocycles. The predicted octanol–water partition coefficient (Wildman–Crippen LogP) is 2.20. The number of likely N-dealkylation sites (tertiary alicyclic amines) is 1. The maximum atomic E-state index is 5.52. The molecule has 3 heteroatoms. The van der Waals surface area contributed by atoms with E-state index < -0.39 is 0 Å². The SMILES string of the molecule is Cl/C=C/CN1CCC(NCC2CC2)CC1. The van der Waals surface area contributed by atoms with Gasteiger partial charge in [-0.15, -0.1) is 0 Å². The lowest BCUT2D eigenvalue weighted by atomic mass is 10.0. The molecule has 0 aromatic rings. The Morgan fingerprint density at radius 1 is 1.20 bits per heavy atom. The average Bonchev–Trinajstić information content (AvgIpc) is 3.09. The van der Waals surface area contributed by atoms with Crippen molar-refractivity contribution in [1.29, 1.82) is 0 Å². The Morgan fingerprint density at radius 3 is 2.53 bits per heavy atom. The van der Waals surface area contributed by atoms with Crippen LogP contribution < -0.4 is 5.32 Å². The van der Waals surface area contributed by atoms with Crippen molar-refractivity contribution in [2.45, 2.75) is 31.7 Å². The molecule has 15 heavy (non-hydrogen) atoms. The highest BCUT2D eigenvalue weighted by Gasteiger charge is 2.23. The molecule has 2 rings (SSSR count). The van der Waals surface area contributed by atoms with Gasteiger partial charge in [-0.3, -0.25) is 4.90 Å². The van der Waals surface area contributed by atoms with Crippen LogP contribution in [0.3, 0.4) is 0 Å². The lowest BCUT2D eigenvalue weighted by Gasteiger charge is -2.31. The second-order valence-corrected chi connectivity index (χ2v) is 5.04. The van der Waals surface area contributed by atoms with E-state index in [2.05, 4.69) is 10.2 Å². The molecule has 86 valence electrons. The van der Waals surface area contributed by atoms with Crippen molar-refractivity contribution in [3.8, 4) is 0 Å². The summed E-state index contributed by atoms with van der Waals surface area (Å²) in [6, 6.07) is 0.766. The number of rotatable bonds is 5. The largest absolute Gasteiger partial charge is 0.314 e. The van der Waals surface area contributed by atoms with Crippen LogP contribution in [0.1, 0.15) is 25.7 Å². The highest BCUT2D eigenvalue weighted by Crippen LogP contribution is 2.28. The molecule has 2 nitrogen and oxygen atoms in total. The van der Waals surface area contributed by atoms with Gasteiger partial charge >= 0.3 is 0 Å². The molecular weight excluding hydrogens is 208 g/mol. The topological polar surface area (TPSA) is 15.3 Å². The molecule has 0 aromatic heterocycles. The van der Waals surface area contributed by atoms with E-state index in [1.807, 2.05) is 6.08 Å². The van der Waals surface area contributed by atoms with E-state index in [-0.39, 0.29) is 0 Å². The van der Waals surface area contributed by atoms with Crippen molar-refractivity contribution in [3.63, 3.8) is 0 Å². The summed E-state index contributed by atoms with van der Waals surface area (Å²) in [5.41, 5.74) is 1.62. The van der Waals surface area contributed by atoms with Crippen LogP contribution in [0.4, 0.5) is 0 Å². The Hall–Kier alpha value is -0.0500. The van der Waals surface area contributed by atoms with Crippen molar-refractivity contribution in [2.75, 3.05) is 26.2 Å². The number of nitrogens with zero attached hydrogens (tertiary/aromatic N) is 1. The standard InChI is InChI=1S/C12H21ClN2/c13-6-1-7-15-8-4-12(5-9-15)14-10-11-2-3-11/h1,6,11-12,14H,2-5,7-10H2/b6-1+. The van der Waals surface area contributed by atoms with E-state index in [1.165, 1.54) is 45.3 Å². The van der Waals surface area contributed by atoms with Crippen LogP contribution in [0.15, 0.2) is 11.6 Å². The molecule has 2 aliphatic rings. The predicted molar refractivity (Wildman–Crippen MR) is 65.2 cm³/mol. The van der Waals surface area contributed by atoms with Gasteiger partial charge in [-0.2, -0.15) is 0 Å². The minimum atomic E-state index is 0.766. The number of halogens is 1. The summed E-state index contributed by atoms with van der Waals surface area (Å²) in [4.78, 5) is 2.47. The van der Waals surface area contributed by atoms with Crippen LogP contribution in [0.2, 0.25) is 0 Å².